The van der Waals surface area contributed by atoms with Crippen molar-refractivity contribution in [2.75, 3.05) is 48.5 Å². The van der Waals surface area contributed by atoms with Crippen molar-refractivity contribution in [1.29, 1.82) is 5.26 Å². The number of benzene rings is 2. The number of carbonyl (C=O) groups is 2. The second-order valence-corrected chi connectivity index (χ2v) is 8.42. The van der Waals surface area contributed by atoms with E-state index >= 15 is 0 Å². The Morgan fingerprint density at radius 3 is 2.23 bits per heavy atom. The Hall–Kier alpha value is -4.39. The number of carbonyl (C=O) groups excluding carboxylic acids is 2. The summed E-state index contributed by atoms with van der Waals surface area (Å²) in [6.45, 7) is 0.785. The first-order valence-corrected chi connectivity index (χ1v) is 11.3. The van der Waals surface area contributed by atoms with Gasteiger partial charge in [-0.15, -0.1) is 0 Å². The summed E-state index contributed by atoms with van der Waals surface area (Å²) >= 11 is 0. The first-order valence-electron chi connectivity index (χ1n) is 11.3. The number of non-ortho nitro benzene ring substituents is 1. The van der Waals surface area contributed by atoms with Crippen LogP contribution in [-0.2, 0) is 9.53 Å². The maximum Gasteiger partial charge on any atom is 0.340 e. The fourth-order valence-electron chi connectivity index (χ4n) is 4.55. The number of ether oxygens (including phenoxy) is 1. The van der Waals surface area contributed by atoms with E-state index in [0.717, 1.165) is 43.7 Å². The van der Waals surface area contributed by atoms with E-state index in [1.165, 1.54) is 12.1 Å². The lowest BCUT2D eigenvalue weighted by atomic mass is 10.1. The van der Waals surface area contributed by atoms with Crippen LogP contribution < -0.4 is 14.7 Å². The van der Waals surface area contributed by atoms with Crippen molar-refractivity contribution in [3.63, 3.8) is 0 Å². The molecule has 10 heteroatoms. The van der Waals surface area contributed by atoms with Gasteiger partial charge in [0, 0.05) is 39.3 Å². The van der Waals surface area contributed by atoms with Crippen LogP contribution in [0.15, 0.2) is 53.9 Å². The molecule has 0 bridgehead atoms. The quantitative estimate of drug-likeness (QED) is 0.203. The number of fused-ring (bicyclic) bond motifs is 1. The Morgan fingerprint density at radius 1 is 1.03 bits per heavy atom. The number of nitro groups is 1. The summed E-state index contributed by atoms with van der Waals surface area (Å²) in [5, 5.41) is 21.1. The van der Waals surface area contributed by atoms with Crippen LogP contribution in [0.3, 0.4) is 0 Å². The van der Waals surface area contributed by atoms with Gasteiger partial charge < -0.3 is 19.4 Å². The number of nitriles is 1. The normalized spacial score (nSPS) is 14.9. The van der Waals surface area contributed by atoms with E-state index in [9.17, 15) is 25.0 Å². The van der Waals surface area contributed by atoms with Gasteiger partial charge in [0.2, 0.25) is 5.78 Å². The lowest BCUT2D eigenvalue weighted by Crippen LogP contribution is -2.31. The van der Waals surface area contributed by atoms with Crippen molar-refractivity contribution in [3.8, 4) is 6.07 Å². The highest BCUT2D eigenvalue weighted by Crippen LogP contribution is 2.40. The van der Waals surface area contributed by atoms with Crippen LogP contribution in [0.25, 0.3) is 0 Å². The molecular formula is C25H25N5O5. The molecule has 0 saturated carbocycles. The lowest BCUT2D eigenvalue weighted by Gasteiger charge is -2.30. The zero-order valence-electron chi connectivity index (χ0n) is 19.6. The first kappa shape index (κ1) is 23.8. The van der Waals surface area contributed by atoms with Gasteiger partial charge in [0.05, 0.1) is 27.5 Å². The van der Waals surface area contributed by atoms with Gasteiger partial charge in [0.15, 0.2) is 6.61 Å². The van der Waals surface area contributed by atoms with Gasteiger partial charge in [-0.3, -0.25) is 14.9 Å². The summed E-state index contributed by atoms with van der Waals surface area (Å²) in [6, 6.07) is 13.5. The van der Waals surface area contributed by atoms with E-state index < -0.39 is 23.3 Å². The fraction of sp³-hybridized carbons (Fsp3) is 0.320. The van der Waals surface area contributed by atoms with Crippen LogP contribution >= 0.6 is 0 Å². The molecule has 0 spiro atoms. The third-order valence-electron chi connectivity index (χ3n) is 6.30. The SMILES string of the molecule is CN1C(=C(C#N)C(=O)COC(=O)c2cc([N+](=O)[O-])ccc2N2CCCCC2)N(C)c2ccccc21. The molecule has 2 aliphatic heterocycles. The molecule has 4 rings (SSSR count). The molecule has 2 aliphatic rings. The van der Waals surface area contributed by atoms with E-state index in [4.69, 9.17) is 4.74 Å². The minimum Gasteiger partial charge on any atom is -0.454 e. The molecule has 0 atom stereocenters. The summed E-state index contributed by atoms with van der Waals surface area (Å²) in [5.41, 5.74) is 1.86. The number of hydrogen-bond donors (Lipinski definition) is 0. The largest absolute Gasteiger partial charge is 0.454 e. The molecule has 0 aliphatic carbocycles. The van der Waals surface area contributed by atoms with Gasteiger partial charge in [0.25, 0.3) is 5.69 Å². The zero-order valence-corrected chi connectivity index (χ0v) is 19.6. The smallest absolute Gasteiger partial charge is 0.340 e. The van der Waals surface area contributed by atoms with Crippen LogP contribution in [0.1, 0.15) is 29.6 Å². The molecule has 2 heterocycles. The Labute approximate surface area is 202 Å². The van der Waals surface area contributed by atoms with Crippen molar-refractivity contribution in [1.82, 2.24) is 0 Å². The minimum absolute atomic E-state index is 0.0302. The maximum absolute atomic E-state index is 13.0. The van der Waals surface area contributed by atoms with E-state index in [0.29, 0.717) is 11.5 Å². The average Bonchev–Trinajstić information content (AvgIpc) is 3.13. The van der Waals surface area contributed by atoms with E-state index in [-0.39, 0.29) is 16.8 Å². The van der Waals surface area contributed by atoms with Crippen LogP contribution in [0.2, 0.25) is 0 Å². The van der Waals surface area contributed by atoms with Crippen LogP contribution in [0, 0.1) is 21.4 Å². The molecule has 0 radical (unpaired) electrons. The second-order valence-electron chi connectivity index (χ2n) is 8.42. The molecule has 2 aromatic carbocycles. The minimum atomic E-state index is -0.846. The molecule has 1 saturated heterocycles. The van der Waals surface area contributed by atoms with Gasteiger partial charge in [-0.25, -0.2) is 4.79 Å². The van der Waals surface area contributed by atoms with Crippen molar-refractivity contribution < 1.29 is 19.2 Å². The highest BCUT2D eigenvalue weighted by atomic mass is 16.6. The first-order chi connectivity index (χ1) is 16.8. The number of Topliss-reactive ketones (excluding diaryl/α,β-unsaturated/α-hetero) is 1. The Balaban J connectivity index is 1.57. The van der Waals surface area contributed by atoms with Crippen LogP contribution in [-0.4, -0.2) is 50.5 Å². The number of piperidine rings is 1. The predicted molar refractivity (Wildman–Crippen MR) is 130 cm³/mol. The zero-order chi connectivity index (χ0) is 25.1. The monoisotopic (exact) mass is 475 g/mol. The summed E-state index contributed by atoms with van der Waals surface area (Å²) in [7, 11) is 3.50. The number of para-hydroxylation sites is 2. The topological polar surface area (TPSA) is 120 Å². The van der Waals surface area contributed by atoms with Crippen molar-refractivity contribution in [3.05, 3.63) is 69.5 Å². The average molecular weight is 476 g/mol. The third kappa shape index (κ3) is 4.53. The molecule has 0 amide bonds. The van der Waals surface area contributed by atoms with Crippen molar-refractivity contribution in [2.24, 2.45) is 0 Å². The number of hydrogen-bond acceptors (Lipinski definition) is 9. The fourth-order valence-corrected chi connectivity index (χ4v) is 4.55. The Kier molecular flexibility index (Phi) is 6.68. The Bertz CT molecular complexity index is 1230. The van der Waals surface area contributed by atoms with Gasteiger partial charge in [-0.05, 0) is 37.5 Å². The summed E-state index contributed by atoms with van der Waals surface area (Å²) in [4.78, 5) is 42.1. The van der Waals surface area contributed by atoms with Crippen molar-refractivity contribution >= 4 is 34.5 Å². The van der Waals surface area contributed by atoms with Crippen LogP contribution in [0.4, 0.5) is 22.7 Å². The van der Waals surface area contributed by atoms with E-state index in [1.54, 1.807) is 30.0 Å². The van der Waals surface area contributed by atoms with Gasteiger partial charge in [-0.1, -0.05) is 12.1 Å². The molecule has 180 valence electrons. The van der Waals surface area contributed by atoms with Crippen LogP contribution in [0.5, 0.6) is 0 Å². The number of esters is 1. The molecular weight excluding hydrogens is 450 g/mol. The molecule has 0 unspecified atom stereocenters. The number of nitrogens with zero attached hydrogens (tertiary/aromatic N) is 5. The highest BCUT2D eigenvalue weighted by molar-refractivity contribution is 6.05. The highest BCUT2D eigenvalue weighted by Gasteiger charge is 2.32. The Morgan fingerprint density at radius 2 is 1.66 bits per heavy atom. The molecule has 2 aromatic rings. The second kappa shape index (κ2) is 9.85. The number of rotatable bonds is 6. The molecule has 35 heavy (non-hydrogen) atoms. The molecule has 0 aromatic heterocycles. The van der Waals surface area contributed by atoms with E-state index in [1.807, 2.05) is 35.2 Å². The number of ketones is 1. The predicted octanol–water partition coefficient (Wildman–Crippen LogP) is 3.63. The summed E-state index contributed by atoms with van der Waals surface area (Å²) in [6.07, 6.45) is 2.98. The summed E-state index contributed by atoms with van der Waals surface area (Å²) in [5.74, 6) is -1.12. The number of anilines is 3. The van der Waals surface area contributed by atoms with Gasteiger partial charge in [0.1, 0.15) is 17.5 Å². The molecule has 1 fully saturated rings. The lowest BCUT2D eigenvalue weighted by molar-refractivity contribution is -0.384. The van der Waals surface area contributed by atoms with Crippen molar-refractivity contribution in [2.45, 2.75) is 19.3 Å². The van der Waals surface area contributed by atoms with Gasteiger partial charge >= 0.3 is 5.97 Å². The molecule has 10 nitrogen and oxygen atoms in total. The van der Waals surface area contributed by atoms with Gasteiger partial charge in [-0.2, -0.15) is 5.26 Å². The standard InChI is InChI=1S/C25H25N5O5/c1-27-21-8-4-5-9-22(21)28(2)24(27)19(15-26)23(31)16-35-25(32)18-14-17(30(33)34)10-11-20(18)29-12-6-3-7-13-29/h4-5,8-11,14H,3,6-7,12-13,16H2,1-2H3. The molecule has 0 N–H and O–H groups in total. The summed E-state index contributed by atoms with van der Waals surface area (Å²) < 4.78 is 5.29. The van der Waals surface area contributed by atoms with E-state index in [2.05, 4.69) is 0 Å². The third-order valence-corrected chi connectivity index (χ3v) is 6.30. The number of nitro benzene ring substituents is 1. The maximum atomic E-state index is 13.0.